The van der Waals surface area contributed by atoms with Crippen molar-refractivity contribution in [1.82, 2.24) is 24.5 Å². The lowest BCUT2D eigenvalue weighted by Gasteiger charge is -2.07. The molecule has 2 heterocycles. The molecule has 0 aliphatic heterocycles. The summed E-state index contributed by atoms with van der Waals surface area (Å²) in [7, 11) is 3.53. The Hall–Kier alpha value is -2.41. The fraction of sp³-hybridized carbons (Fsp3) is 0.214. The van der Waals surface area contributed by atoms with E-state index in [0.717, 1.165) is 28.5 Å². The van der Waals surface area contributed by atoms with Gasteiger partial charge in [0.05, 0.1) is 30.3 Å². The van der Waals surface area contributed by atoms with Gasteiger partial charge < -0.3 is 9.30 Å². The molecule has 1 aromatic carbocycles. The minimum atomic E-state index is 0.582. The average molecular weight is 301 g/mol. The number of aromatic nitrogens is 5. The molecule has 0 bridgehead atoms. The van der Waals surface area contributed by atoms with Crippen LogP contribution in [0.3, 0.4) is 0 Å². The lowest BCUT2D eigenvalue weighted by atomic mass is 10.2. The molecule has 3 aromatic rings. The number of aromatic amines is 1. The van der Waals surface area contributed by atoms with Crippen molar-refractivity contribution in [2.45, 2.75) is 6.92 Å². The summed E-state index contributed by atoms with van der Waals surface area (Å²) in [6, 6.07) is 7.76. The first kappa shape index (κ1) is 13.6. The Morgan fingerprint density at radius 1 is 1.33 bits per heavy atom. The van der Waals surface area contributed by atoms with E-state index < -0.39 is 0 Å². The highest BCUT2D eigenvalue weighted by Crippen LogP contribution is 2.24. The summed E-state index contributed by atoms with van der Waals surface area (Å²) in [6.07, 6.45) is 1.79. The van der Waals surface area contributed by atoms with Gasteiger partial charge in [0, 0.05) is 13.1 Å². The Labute approximate surface area is 127 Å². The van der Waals surface area contributed by atoms with Gasteiger partial charge in [-0.2, -0.15) is 10.2 Å². The number of nitrogens with zero attached hydrogens (tertiary/aromatic N) is 4. The Morgan fingerprint density at radius 2 is 2.14 bits per heavy atom. The van der Waals surface area contributed by atoms with Gasteiger partial charge in [-0.15, -0.1) is 0 Å². The van der Waals surface area contributed by atoms with Gasteiger partial charge in [0.25, 0.3) is 0 Å². The third kappa shape index (κ3) is 2.25. The van der Waals surface area contributed by atoms with Crippen molar-refractivity contribution in [3.05, 3.63) is 40.9 Å². The fourth-order valence-corrected chi connectivity index (χ4v) is 2.35. The molecule has 0 radical (unpaired) electrons. The van der Waals surface area contributed by atoms with E-state index in [-0.39, 0.29) is 0 Å². The van der Waals surface area contributed by atoms with Crippen LogP contribution in [0.4, 0.5) is 0 Å². The summed E-state index contributed by atoms with van der Waals surface area (Å²) in [5, 5.41) is 11.5. The van der Waals surface area contributed by atoms with Crippen molar-refractivity contribution in [3.63, 3.8) is 0 Å². The van der Waals surface area contributed by atoms with Crippen LogP contribution in [-0.2, 0) is 7.05 Å². The molecule has 0 atom stereocenters. The second-order valence-corrected chi connectivity index (χ2v) is 5.06. The highest BCUT2D eigenvalue weighted by Gasteiger charge is 2.14. The number of benzene rings is 1. The van der Waals surface area contributed by atoms with E-state index in [1.54, 1.807) is 13.3 Å². The highest BCUT2D eigenvalue weighted by molar-refractivity contribution is 7.71. The molecule has 21 heavy (non-hydrogen) atoms. The summed E-state index contributed by atoms with van der Waals surface area (Å²) in [5.41, 5.74) is 2.86. The Bertz CT molecular complexity index is 845. The molecule has 0 fully saturated rings. The molecule has 0 amide bonds. The lowest BCUT2D eigenvalue weighted by Crippen LogP contribution is -2.00. The number of rotatable bonds is 3. The summed E-state index contributed by atoms with van der Waals surface area (Å²) >= 11 is 5.15. The predicted octanol–water partition coefficient (Wildman–Crippen LogP) is 2.65. The minimum Gasteiger partial charge on any atom is -0.497 e. The number of H-pyrrole nitrogens is 1. The van der Waals surface area contributed by atoms with Crippen LogP contribution in [0.5, 0.6) is 5.75 Å². The van der Waals surface area contributed by atoms with Crippen molar-refractivity contribution in [2.75, 3.05) is 7.11 Å². The van der Waals surface area contributed by atoms with Gasteiger partial charge in [-0.3, -0.25) is 5.10 Å². The van der Waals surface area contributed by atoms with Gasteiger partial charge in [0.15, 0.2) is 10.6 Å². The van der Waals surface area contributed by atoms with Crippen LogP contribution in [-0.4, -0.2) is 31.7 Å². The molecule has 0 saturated carbocycles. The second-order valence-electron chi connectivity index (χ2n) is 4.67. The number of hydrogen-bond acceptors (Lipinski definition) is 4. The van der Waals surface area contributed by atoms with Gasteiger partial charge >= 0.3 is 0 Å². The van der Waals surface area contributed by atoms with Crippen LogP contribution in [0.1, 0.15) is 5.69 Å². The molecule has 0 spiro atoms. The zero-order chi connectivity index (χ0) is 15.0. The van der Waals surface area contributed by atoms with Gasteiger partial charge in [0.1, 0.15) is 5.75 Å². The van der Waals surface area contributed by atoms with Gasteiger partial charge in [-0.25, -0.2) is 4.68 Å². The average Bonchev–Trinajstić information content (AvgIpc) is 3.03. The summed E-state index contributed by atoms with van der Waals surface area (Å²) < 4.78 is 9.52. The zero-order valence-electron chi connectivity index (χ0n) is 12.0. The summed E-state index contributed by atoms with van der Waals surface area (Å²) in [4.78, 5) is 0. The zero-order valence-corrected chi connectivity index (χ0v) is 12.8. The third-order valence-electron chi connectivity index (χ3n) is 3.43. The third-order valence-corrected chi connectivity index (χ3v) is 3.79. The maximum Gasteiger partial charge on any atom is 0.195 e. The molecule has 7 heteroatoms. The largest absolute Gasteiger partial charge is 0.497 e. The standard InChI is InChI=1S/C14H15N5OS/c1-9-12(13-16-17-14(21)18(13)2)8-15-19(9)10-5-4-6-11(7-10)20-3/h4-8H,1-3H3,(H,17,21). The molecular formula is C14H15N5OS. The molecule has 3 rings (SSSR count). The number of nitrogens with one attached hydrogen (secondary N) is 1. The Morgan fingerprint density at radius 3 is 2.81 bits per heavy atom. The van der Waals surface area contributed by atoms with Crippen LogP contribution in [0.2, 0.25) is 0 Å². The summed E-state index contributed by atoms with van der Waals surface area (Å²) in [6.45, 7) is 2.00. The molecule has 0 unspecified atom stereocenters. The lowest BCUT2D eigenvalue weighted by molar-refractivity contribution is 0.414. The van der Waals surface area contributed by atoms with Crippen molar-refractivity contribution in [2.24, 2.45) is 7.05 Å². The number of methoxy groups -OCH3 is 1. The fourth-order valence-electron chi connectivity index (χ4n) is 2.22. The van der Waals surface area contributed by atoms with Crippen molar-refractivity contribution in [3.8, 4) is 22.8 Å². The van der Waals surface area contributed by atoms with Gasteiger partial charge in [-0.1, -0.05) is 6.07 Å². The van der Waals surface area contributed by atoms with Crippen LogP contribution in [0.15, 0.2) is 30.5 Å². The topological polar surface area (TPSA) is 60.7 Å². The van der Waals surface area contributed by atoms with Gasteiger partial charge in [-0.05, 0) is 31.3 Å². The highest BCUT2D eigenvalue weighted by atomic mass is 32.1. The molecule has 2 aromatic heterocycles. The summed E-state index contributed by atoms with van der Waals surface area (Å²) in [5.74, 6) is 1.56. The molecule has 1 N–H and O–H groups in total. The van der Waals surface area contributed by atoms with E-state index >= 15 is 0 Å². The molecule has 0 saturated heterocycles. The minimum absolute atomic E-state index is 0.582. The van der Waals surface area contributed by atoms with E-state index in [0.29, 0.717) is 4.77 Å². The van der Waals surface area contributed by atoms with Crippen molar-refractivity contribution in [1.29, 1.82) is 0 Å². The second kappa shape index (κ2) is 5.17. The first-order chi connectivity index (χ1) is 10.1. The smallest absolute Gasteiger partial charge is 0.195 e. The molecule has 0 aliphatic carbocycles. The molecular weight excluding hydrogens is 286 g/mol. The predicted molar refractivity (Wildman–Crippen MR) is 82.2 cm³/mol. The quantitative estimate of drug-likeness (QED) is 0.756. The Kier molecular flexibility index (Phi) is 3.34. The van der Waals surface area contributed by atoms with Crippen LogP contribution < -0.4 is 4.74 Å². The maximum absolute atomic E-state index is 5.25. The SMILES string of the molecule is COc1cccc(-n2ncc(-c3n[nH]c(=S)n3C)c2C)c1. The normalized spacial score (nSPS) is 10.8. The van der Waals surface area contributed by atoms with Gasteiger partial charge in [0.2, 0.25) is 0 Å². The van der Waals surface area contributed by atoms with Crippen molar-refractivity contribution >= 4 is 12.2 Å². The van der Waals surface area contributed by atoms with Crippen LogP contribution >= 0.6 is 12.2 Å². The van der Waals surface area contributed by atoms with E-state index in [4.69, 9.17) is 17.0 Å². The first-order valence-corrected chi connectivity index (χ1v) is 6.83. The van der Waals surface area contributed by atoms with E-state index in [1.165, 1.54) is 0 Å². The van der Waals surface area contributed by atoms with E-state index in [9.17, 15) is 0 Å². The van der Waals surface area contributed by atoms with Crippen molar-refractivity contribution < 1.29 is 4.74 Å². The number of ether oxygens (including phenoxy) is 1. The Balaban J connectivity index is 2.11. The molecule has 6 nitrogen and oxygen atoms in total. The van der Waals surface area contributed by atoms with E-state index in [2.05, 4.69) is 15.3 Å². The molecule has 108 valence electrons. The van der Waals surface area contributed by atoms with E-state index in [1.807, 2.05) is 47.5 Å². The number of hydrogen-bond donors (Lipinski definition) is 1. The maximum atomic E-state index is 5.25. The first-order valence-electron chi connectivity index (χ1n) is 6.42. The molecule has 0 aliphatic rings. The monoisotopic (exact) mass is 301 g/mol. The van der Waals surface area contributed by atoms with Crippen LogP contribution in [0, 0.1) is 11.7 Å². The van der Waals surface area contributed by atoms with Crippen LogP contribution in [0.25, 0.3) is 17.1 Å².